The molecule has 4 aromatic rings. The molecule has 6 heteroatoms. The summed E-state index contributed by atoms with van der Waals surface area (Å²) in [7, 11) is 3.12. The van der Waals surface area contributed by atoms with Crippen LogP contribution >= 0.6 is 0 Å². The third kappa shape index (κ3) is 3.48. The number of carbonyl (C=O) groups excluding carboxylic acids is 1. The van der Waals surface area contributed by atoms with E-state index in [1.807, 2.05) is 12.1 Å². The van der Waals surface area contributed by atoms with Gasteiger partial charge >= 0.3 is 5.63 Å². The van der Waals surface area contributed by atoms with Gasteiger partial charge in [-0.3, -0.25) is 4.79 Å². The second-order valence-corrected chi connectivity index (χ2v) is 6.81. The van der Waals surface area contributed by atoms with Crippen molar-refractivity contribution in [2.24, 2.45) is 0 Å². The van der Waals surface area contributed by atoms with Crippen molar-refractivity contribution >= 4 is 27.5 Å². The van der Waals surface area contributed by atoms with Crippen molar-refractivity contribution in [2.75, 3.05) is 20.8 Å². The minimum absolute atomic E-state index is 0.131. The van der Waals surface area contributed by atoms with Crippen LogP contribution in [0.2, 0.25) is 0 Å². The standard InChI is InChI=1S/C24H20O6/c1-14-22(29-13-21(25)15-4-6-16(27-2)7-5-15)11-10-19-18-9-8-17(28-3)12-20(18)24(26)30-23(14)19/h4-12H,13H2,1-3H3. The Labute approximate surface area is 172 Å². The van der Waals surface area contributed by atoms with E-state index in [1.165, 1.54) is 0 Å². The van der Waals surface area contributed by atoms with Gasteiger partial charge in [-0.15, -0.1) is 0 Å². The van der Waals surface area contributed by atoms with E-state index in [9.17, 15) is 9.59 Å². The number of ketones is 1. The van der Waals surface area contributed by atoms with Crippen molar-refractivity contribution in [3.63, 3.8) is 0 Å². The van der Waals surface area contributed by atoms with E-state index in [1.54, 1.807) is 63.6 Å². The zero-order chi connectivity index (χ0) is 21.3. The van der Waals surface area contributed by atoms with Gasteiger partial charge in [-0.1, -0.05) is 0 Å². The summed E-state index contributed by atoms with van der Waals surface area (Å²) in [6, 6.07) is 15.7. The van der Waals surface area contributed by atoms with E-state index in [4.69, 9.17) is 18.6 Å². The van der Waals surface area contributed by atoms with Crippen LogP contribution < -0.4 is 19.8 Å². The number of fused-ring (bicyclic) bond motifs is 3. The zero-order valence-electron chi connectivity index (χ0n) is 16.9. The summed E-state index contributed by atoms with van der Waals surface area (Å²) in [6.07, 6.45) is 0. The van der Waals surface area contributed by atoms with E-state index in [-0.39, 0.29) is 12.4 Å². The molecule has 30 heavy (non-hydrogen) atoms. The number of hydrogen-bond donors (Lipinski definition) is 0. The van der Waals surface area contributed by atoms with Crippen molar-refractivity contribution in [1.29, 1.82) is 0 Å². The first-order chi connectivity index (χ1) is 14.5. The third-order valence-electron chi connectivity index (χ3n) is 5.06. The van der Waals surface area contributed by atoms with E-state index in [0.717, 1.165) is 10.8 Å². The van der Waals surface area contributed by atoms with Gasteiger partial charge in [0, 0.05) is 21.9 Å². The van der Waals surface area contributed by atoms with E-state index in [2.05, 4.69) is 0 Å². The minimum Gasteiger partial charge on any atom is -0.497 e. The molecule has 0 aliphatic heterocycles. The quantitative estimate of drug-likeness (QED) is 0.267. The number of Topliss-reactive ketones (excluding diaryl/α,β-unsaturated/α-hetero) is 1. The molecular weight excluding hydrogens is 384 g/mol. The zero-order valence-corrected chi connectivity index (χ0v) is 16.9. The van der Waals surface area contributed by atoms with Crippen LogP contribution in [0.5, 0.6) is 17.2 Å². The van der Waals surface area contributed by atoms with Gasteiger partial charge in [-0.25, -0.2) is 4.79 Å². The number of methoxy groups -OCH3 is 2. The van der Waals surface area contributed by atoms with Gasteiger partial charge in [0.05, 0.1) is 19.6 Å². The molecule has 0 aliphatic carbocycles. The highest BCUT2D eigenvalue weighted by Gasteiger charge is 2.15. The summed E-state index contributed by atoms with van der Waals surface area (Å²) in [5.41, 5.74) is 1.17. The van der Waals surface area contributed by atoms with E-state index < -0.39 is 5.63 Å². The predicted octanol–water partition coefficient (Wildman–Crippen LogP) is 4.53. The topological polar surface area (TPSA) is 75.0 Å². The lowest BCUT2D eigenvalue weighted by molar-refractivity contribution is 0.0921. The third-order valence-corrected chi connectivity index (χ3v) is 5.06. The van der Waals surface area contributed by atoms with Gasteiger partial charge in [-0.05, 0) is 61.5 Å². The minimum atomic E-state index is -0.453. The molecule has 0 amide bonds. The van der Waals surface area contributed by atoms with Crippen LogP contribution in [0, 0.1) is 6.92 Å². The molecule has 6 nitrogen and oxygen atoms in total. The molecule has 0 saturated carbocycles. The number of rotatable bonds is 6. The lowest BCUT2D eigenvalue weighted by Crippen LogP contribution is -2.12. The fourth-order valence-corrected chi connectivity index (χ4v) is 3.38. The monoisotopic (exact) mass is 404 g/mol. The van der Waals surface area contributed by atoms with Crippen LogP contribution in [0.3, 0.4) is 0 Å². The maximum absolute atomic E-state index is 12.5. The molecule has 4 rings (SSSR count). The molecule has 0 aliphatic rings. The molecule has 0 N–H and O–H groups in total. The second kappa shape index (κ2) is 7.91. The van der Waals surface area contributed by atoms with E-state index >= 15 is 0 Å². The Morgan fingerprint density at radius 2 is 1.53 bits per heavy atom. The molecule has 1 aromatic heterocycles. The maximum Gasteiger partial charge on any atom is 0.344 e. The summed E-state index contributed by atoms with van der Waals surface area (Å²) < 4.78 is 21.6. The van der Waals surface area contributed by atoms with Crippen molar-refractivity contribution < 1.29 is 23.4 Å². The van der Waals surface area contributed by atoms with Crippen LogP contribution in [0.25, 0.3) is 21.7 Å². The second-order valence-electron chi connectivity index (χ2n) is 6.81. The normalized spacial score (nSPS) is 10.9. The molecule has 1 heterocycles. The summed E-state index contributed by atoms with van der Waals surface area (Å²) >= 11 is 0. The molecule has 0 spiro atoms. The van der Waals surface area contributed by atoms with Crippen LogP contribution in [0.15, 0.2) is 63.8 Å². The maximum atomic E-state index is 12.5. The van der Waals surface area contributed by atoms with Gasteiger partial charge in [0.25, 0.3) is 0 Å². The molecule has 0 radical (unpaired) electrons. The van der Waals surface area contributed by atoms with Crippen molar-refractivity contribution in [3.8, 4) is 17.2 Å². The smallest absolute Gasteiger partial charge is 0.344 e. The summed E-state index contributed by atoms with van der Waals surface area (Å²) in [5.74, 6) is 1.59. The molecule has 0 fully saturated rings. The highest BCUT2D eigenvalue weighted by atomic mass is 16.5. The Morgan fingerprint density at radius 3 is 2.23 bits per heavy atom. The fraction of sp³-hybridized carbons (Fsp3) is 0.167. The van der Waals surface area contributed by atoms with Crippen LogP contribution in [0.1, 0.15) is 15.9 Å². The molecule has 152 valence electrons. The molecule has 0 bridgehead atoms. The highest BCUT2D eigenvalue weighted by Crippen LogP contribution is 2.32. The SMILES string of the molecule is COc1ccc(C(=O)COc2ccc3c(oc(=O)c4cc(OC)ccc43)c2C)cc1. The van der Waals surface area contributed by atoms with Crippen molar-refractivity contribution in [1.82, 2.24) is 0 Å². The molecule has 0 saturated heterocycles. The molecular formula is C24H20O6. The van der Waals surface area contributed by atoms with Gasteiger partial charge in [-0.2, -0.15) is 0 Å². The lowest BCUT2D eigenvalue weighted by Gasteiger charge is -2.12. The van der Waals surface area contributed by atoms with E-state index in [0.29, 0.717) is 39.3 Å². The Hall–Kier alpha value is -3.80. The number of ether oxygens (including phenoxy) is 3. The Morgan fingerprint density at radius 1 is 0.867 bits per heavy atom. The van der Waals surface area contributed by atoms with Crippen molar-refractivity contribution in [2.45, 2.75) is 6.92 Å². The average Bonchev–Trinajstić information content (AvgIpc) is 2.78. The highest BCUT2D eigenvalue weighted by molar-refractivity contribution is 6.06. The average molecular weight is 404 g/mol. The first kappa shape index (κ1) is 19.5. The summed E-state index contributed by atoms with van der Waals surface area (Å²) in [4.78, 5) is 24.9. The van der Waals surface area contributed by atoms with Crippen LogP contribution in [-0.4, -0.2) is 26.6 Å². The van der Waals surface area contributed by atoms with Gasteiger partial charge in [0.15, 0.2) is 12.4 Å². The first-order valence-electron chi connectivity index (χ1n) is 9.36. The van der Waals surface area contributed by atoms with Crippen LogP contribution in [-0.2, 0) is 0 Å². The number of hydrogen-bond acceptors (Lipinski definition) is 6. The fourth-order valence-electron chi connectivity index (χ4n) is 3.38. The Bertz CT molecular complexity index is 1300. The Balaban J connectivity index is 1.65. The van der Waals surface area contributed by atoms with Gasteiger partial charge in [0.1, 0.15) is 22.8 Å². The Kier molecular flexibility index (Phi) is 5.14. The van der Waals surface area contributed by atoms with Crippen LogP contribution in [0.4, 0.5) is 0 Å². The van der Waals surface area contributed by atoms with Gasteiger partial charge < -0.3 is 18.6 Å². The van der Waals surface area contributed by atoms with Crippen molar-refractivity contribution in [3.05, 3.63) is 76.1 Å². The molecule has 0 unspecified atom stereocenters. The first-order valence-corrected chi connectivity index (χ1v) is 9.36. The summed E-state index contributed by atoms with van der Waals surface area (Å²) in [6.45, 7) is 1.67. The van der Waals surface area contributed by atoms with Gasteiger partial charge in [0.2, 0.25) is 0 Å². The predicted molar refractivity (Wildman–Crippen MR) is 114 cm³/mol. The summed E-state index contributed by atoms with van der Waals surface area (Å²) in [5, 5.41) is 2.01. The number of benzene rings is 3. The number of carbonyl (C=O) groups is 1. The number of aryl methyl sites for hydroxylation is 1. The molecule has 3 aromatic carbocycles. The largest absolute Gasteiger partial charge is 0.497 e. The lowest BCUT2D eigenvalue weighted by atomic mass is 10.0. The molecule has 0 atom stereocenters.